The fraction of sp³-hybridized carbons (Fsp3) is 0.682. The Morgan fingerprint density at radius 3 is 2.81 bits per heavy atom. The molecular formula is C22H29ClN2O2. The molecule has 3 heterocycles. The van der Waals surface area contributed by atoms with Crippen LogP contribution in [0.3, 0.4) is 0 Å². The largest absolute Gasteiger partial charge is 1.00 e. The Balaban J connectivity index is 0.00000160. The molecule has 146 valence electrons. The van der Waals surface area contributed by atoms with Crippen molar-refractivity contribution in [2.24, 2.45) is 11.3 Å². The minimum Gasteiger partial charge on any atom is -1.00 e. The van der Waals surface area contributed by atoms with Crippen LogP contribution in [-0.4, -0.2) is 49.3 Å². The summed E-state index contributed by atoms with van der Waals surface area (Å²) in [5.41, 5.74) is 3.02. The van der Waals surface area contributed by atoms with Crippen LogP contribution in [-0.2, 0) is 14.9 Å². The van der Waals surface area contributed by atoms with Crippen LogP contribution in [0.15, 0.2) is 24.3 Å². The van der Waals surface area contributed by atoms with Crippen molar-refractivity contribution in [1.82, 2.24) is 0 Å². The lowest BCUT2D eigenvalue weighted by atomic mass is 9.38. The van der Waals surface area contributed by atoms with Gasteiger partial charge in [0.2, 0.25) is 0 Å². The first-order chi connectivity index (χ1) is 12.5. The number of para-hydroxylation sites is 1. The minimum atomic E-state index is -0.149. The lowest BCUT2D eigenvalue weighted by molar-refractivity contribution is -0.939. The van der Waals surface area contributed by atoms with E-state index in [-0.39, 0.29) is 35.2 Å². The average Bonchev–Trinajstić information content (AvgIpc) is 3.15. The molecule has 3 aliphatic carbocycles. The third kappa shape index (κ3) is 1.70. The number of hydrogen-bond acceptors (Lipinski definition) is 3. The molecule has 2 saturated heterocycles. The van der Waals surface area contributed by atoms with Crippen LogP contribution in [0.1, 0.15) is 44.1 Å². The van der Waals surface area contributed by atoms with Gasteiger partial charge in [0.25, 0.3) is 0 Å². The van der Waals surface area contributed by atoms with Crippen molar-refractivity contribution in [1.29, 1.82) is 0 Å². The van der Waals surface area contributed by atoms with E-state index in [0.29, 0.717) is 11.5 Å². The van der Waals surface area contributed by atoms with Crippen molar-refractivity contribution in [2.45, 2.75) is 55.5 Å². The number of carbonyl (C=O) groups is 1. The standard InChI is InChI=1S/C22H29N2O2.ClH/c1-24-12-5-8-20-9-10-22(16(14-20)18(25)26-2)21(11-13-24,19(20)24)15-6-3-4-7-17(15)23-22;/h3-4,6-7,16,19,23H,5,8-14H2,1-2H3;1H/q+1;/p-1/t16?,19-,20-,21-,22-,24?;/m1./s1. The van der Waals surface area contributed by atoms with E-state index in [1.165, 1.54) is 54.5 Å². The zero-order chi connectivity index (χ0) is 17.8. The molecule has 6 atom stereocenters. The van der Waals surface area contributed by atoms with Gasteiger partial charge < -0.3 is 26.9 Å². The number of ether oxygens (including phenoxy) is 1. The second-order valence-corrected chi connectivity index (χ2v) is 9.94. The highest BCUT2D eigenvalue weighted by molar-refractivity contribution is 5.80. The van der Waals surface area contributed by atoms with Gasteiger partial charge in [0.1, 0.15) is 6.04 Å². The zero-order valence-corrected chi connectivity index (χ0v) is 17.0. The van der Waals surface area contributed by atoms with Gasteiger partial charge in [0.15, 0.2) is 0 Å². The van der Waals surface area contributed by atoms with Crippen LogP contribution < -0.4 is 17.7 Å². The van der Waals surface area contributed by atoms with E-state index in [1.54, 1.807) is 7.11 Å². The number of benzene rings is 1. The molecule has 1 aromatic carbocycles. The summed E-state index contributed by atoms with van der Waals surface area (Å²) in [5, 5.41) is 3.96. The van der Waals surface area contributed by atoms with Crippen molar-refractivity contribution in [3.05, 3.63) is 29.8 Å². The average molecular weight is 389 g/mol. The van der Waals surface area contributed by atoms with E-state index in [0.717, 1.165) is 12.8 Å². The second kappa shape index (κ2) is 5.21. The van der Waals surface area contributed by atoms with Crippen LogP contribution in [0.5, 0.6) is 0 Å². The van der Waals surface area contributed by atoms with Gasteiger partial charge in [-0.1, -0.05) is 18.2 Å². The van der Waals surface area contributed by atoms with E-state index in [4.69, 9.17) is 4.74 Å². The second-order valence-electron chi connectivity index (χ2n) is 9.94. The highest BCUT2D eigenvalue weighted by atomic mass is 35.5. The Hall–Kier alpha value is -1.26. The molecule has 4 nitrogen and oxygen atoms in total. The topological polar surface area (TPSA) is 38.3 Å². The number of piperidine rings is 1. The monoisotopic (exact) mass is 388 g/mol. The molecule has 5 fully saturated rings. The first kappa shape index (κ1) is 17.8. The van der Waals surface area contributed by atoms with E-state index in [9.17, 15) is 4.79 Å². The van der Waals surface area contributed by atoms with Gasteiger partial charge in [-0.2, -0.15) is 0 Å². The van der Waals surface area contributed by atoms with Crippen LogP contribution >= 0.6 is 0 Å². The molecule has 0 amide bonds. The van der Waals surface area contributed by atoms with Crippen molar-refractivity contribution in [2.75, 3.05) is 32.6 Å². The molecule has 3 spiro atoms. The molecule has 6 aliphatic rings. The third-order valence-electron chi connectivity index (χ3n) is 9.30. The number of nitrogens with zero attached hydrogens (tertiary/aromatic N) is 1. The number of rotatable bonds is 1. The highest BCUT2D eigenvalue weighted by Crippen LogP contribution is 2.75. The maximum Gasteiger partial charge on any atom is 0.311 e. The zero-order valence-electron chi connectivity index (χ0n) is 16.3. The Kier molecular flexibility index (Phi) is 3.44. The van der Waals surface area contributed by atoms with Crippen LogP contribution in [0.2, 0.25) is 0 Å². The Labute approximate surface area is 167 Å². The Morgan fingerprint density at radius 1 is 1.19 bits per heavy atom. The number of hydrogen-bond donors (Lipinski definition) is 1. The summed E-state index contributed by atoms with van der Waals surface area (Å²) in [7, 11) is 4.07. The molecule has 3 saturated carbocycles. The fourth-order valence-corrected chi connectivity index (χ4v) is 8.79. The number of anilines is 1. The molecule has 2 bridgehead atoms. The minimum absolute atomic E-state index is 0. The summed E-state index contributed by atoms with van der Waals surface area (Å²) in [5.74, 6) is -0.0107. The van der Waals surface area contributed by atoms with E-state index in [2.05, 4.69) is 36.6 Å². The molecule has 5 heteroatoms. The first-order valence-electron chi connectivity index (χ1n) is 10.3. The SMILES string of the molecule is COC(=O)C1C[C@@]23CCC[N+]4(C)CC[C@@]5(c6ccccc6N[C@]15CC2)[C@@H]34.[Cl-]. The fourth-order valence-electron chi connectivity index (χ4n) is 8.79. The van der Waals surface area contributed by atoms with Crippen molar-refractivity contribution >= 4 is 11.7 Å². The summed E-state index contributed by atoms with van der Waals surface area (Å²) < 4.78 is 6.58. The third-order valence-corrected chi connectivity index (χ3v) is 9.30. The summed E-state index contributed by atoms with van der Waals surface area (Å²) >= 11 is 0. The van der Waals surface area contributed by atoms with Gasteiger partial charge in [-0.15, -0.1) is 0 Å². The number of carbonyl (C=O) groups excluding carboxylic acids is 1. The molecular weight excluding hydrogens is 360 g/mol. The van der Waals surface area contributed by atoms with Crippen LogP contribution in [0, 0.1) is 11.3 Å². The van der Waals surface area contributed by atoms with Gasteiger partial charge in [0, 0.05) is 17.5 Å². The van der Waals surface area contributed by atoms with Crippen molar-refractivity contribution in [3.8, 4) is 0 Å². The van der Waals surface area contributed by atoms with E-state index in [1.807, 2.05) is 0 Å². The predicted octanol–water partition coefficient (Wildman–Crippen LogP) is 0.0785. The van der Waals surface area contributed by atoms with Crippen molar-refractivity contribution < 1.29 is 26.4 Å². The molecule has 1 aromatic rings. The Bertz CT molecular complexity index is 830. The lowest BCUT2D eigenvalue weighted by Gasteiger charge is -2.68. The quantitative estimate of drug-likeness (QED) is 0.547. The number of methoxy groups -OCH3 is 1. The van der Waals surface area contributed by atoms with Gasteiger partial charge in [-0.05, 0) is 43.7 Å². The maximum atomic E-state index is 13.0. The lowest BCUT2D eigenvalue weighted by Crippen LogP contribution is -3.00. The number of esters is 1. The maximum absolute atomic E-state index is 13.0. The smallest absolute Gasteiger partial charge is 0.311 e. The summed E-state index contributed by atoms with van der Waals surface area (Å²) in [6, 6.07) is 9.56. The summed E-state index contributed by atoms with van der Waals surface area (Å²) in [4.78, 5) is 13.0. The van der Waals surface area contributed by atoms with E-state index < -0.39 is 0 Å². The van der Waals surface area contributed by atoms with Gasteiger partial charge in [-0.25, -0.2) is 0 Å². The van der Waals surface area contributed by atoms with Crippen LogP contribution in [0.4, 0.5) is 5.69 Å². The number of quaternary nitrogens is 1. The van der Waals surface area contributed by atoms with Gasteiger partial charge >= 0.3 is 5.97 Å². The van der Waals surface area contributed by atoms with Gasteiger partial charge in [-0.3, -0.25) is 4.79 Å². The molecule has 0 aromatic heterocycles. The van der Waals surface area contributed by atoms with E-state index >= 15 is 0 Å². The normalized spacial score (nSPS) is 47.9. The summed E-state index contributed by atoms with van der Waals surface area (Å²) in [6.07, 6.45) is 7.19. The number of fused-ring (bicyclic) bond motifs is 3. The number of likely N-dealkylation sites (N-methyl/N-ethyl adjacent to an activating group) is 1. The Morgan fingerprint density at radius 2 is 2.00 bits per heavy atom. The molecule has 27 heavy (non-hydrogen) atoms. The molecule has 2 unspecified atom stereocenters. The van der Waals surface area contributed by atoms with Crippen molar-refractivity contribution in [3.63, 3.8) is 0 Å². The molecule has 3 aliphatic heterocycles. The number of halogens is 1. The molecule has 7 rings (SSSR count). The molecule has 0 radical (unpaired) electrons. The van der Waals surface area contributed by atoms with Gasteiger partial charge in [0.05, 0.1) is 44.1 Å². The first-order valence-corrected chi connectivity index (χ1v) is 10.3. The highest BCUT2D eigenvalue weighted by Gasteiger charge is 2.83. The van der Waals surface area contributed by atoms with Crippen LogP contribution in [0.25, 0.3) is 0 Å². The molecule has 1 N–H and O–H groups in total. The predicted molar refractivity (Wildman–Crippen MR) is 99.8 cm³/mol. The number of nitrogens with one attached hydrogen (secondary N) is 1. The summed E-state index contributed by atoms with van der Waals surface area (Å²) in [6.45, 7) is 2.55.